The molecule has 0 saturated carbocycles. The van der Waals surface area contributed by atoms with E-state index in [0.29, 0.717) is 15.8 Å². The fourth-order valence-corrected chi connectivity index (χ4v) is 1.84. The Bertz CT molecular complexity index is 505. The summed E-state index contributed by atoms with van der Waals surface area (Å²) in [5.74, 6) is -0.638. The summed E-state index contributed by atoms with van der Waals surface area (Å²) in [6.07, 6.45) is -0.859. The van der Waals surface area contributed by atoms with Crippen LogP contribution in [0, 0.1) is 0 Å². The van der Waals surface area contributed by atoms with Crippen LogP contribution < -0.4 is 4.74 Å². The number of amides is 1. The molecule has 0 fully saturated rings. The number of hydrogen-bond donors (Lipinski definition) is 0. The lowest BCUT2D eigenvalue weighted by Crippen LogP contribution is -2.35. The Morgan fingerprint density at radius 2 is 1.95 bits per heavy atom. The average molecular weight is 320 g/mol. The van der Waals surface area contributed by atoms with Crippen molar-refractivity contribution in [1.82, 2.24) is 4.90 Å². The molecule has 110 valence electrons. The minimum absolute atomic E-state index is 0.294. The largest absolute Gasteiger partial charge is 0.480 e. The topological polar surface area (TPSA) is 55.8 Å². The van der Waals surface area contributed by atoms with E-state index < -0.39 is 12.1 Å². The van der Waals surface area contributed by atoms with Gasteiger partial charge in [-0.2, -0.15) is 0 Å². The quantitative estimate of drug-likeness (QED) is 0.782. The molecule has 0 radical (unpaired) electrons. The van der Waals surface area contributed by atoms with Gasteiger partial charge in [-0.15, -0.1) is 0 Å². The third kappa shape index (κ3) is 4.90. The number of halogens is 2. The van der Waals surface area contributed by atoms with Crippen LogP contribution in [0.4, 0.5) is 0 Å². The first kappa shape index (κ1) is 16.6. The monoisotopic (exact) mass is 319 g/mol. The molecule has 0 aliphatic rings. The fraction of sp³-hybridized carbons (Fsp3) is 0.385. The summed E-state index contributed by atoms with van der Waals surface area (Å²) in [6, 6.07) is 4.64. The highest BCUT2D eigenvalue weighted by Gasteiger charge is 2.19. The van der Waals surface area contributed by atoms with E-state index in [1.54, 1.807) is 26.2 Å². The van der Waals surface area contributed by atoms with E-state index in [0.717, 1.165) is 0 Å². The molecular weight excluding hydrogens is 305 g/mol. The molecule has 1 rings (SSSR count). The molecule has 5 nitrogen and oxygen atoms in total. The summed E-state index contributed by atoms with van der Waals surface area (Å²) in [5, 5.41) is 0.762. The van der Waals surface area contributed by atoms with Crippen LogP contribution in [0.15, 0.2) is 18.2 Å². The number of hydrogen-bond acceptors (Lipinski definition) is 4. The second kappa shape index (κ2) is 7.36. The molecule has 0 N–H and O–H groups in total. The third-order valence-corrected chi connectivity index (χ3v) is 2.87. The molecule has 1 amide bonds. The van der Waals surface area contributed by atoms with Crippen LogP contribution in [0.1, 0.15) is 6.92 Å². The van der Waals surface area contributed by atoms with E-state index in [-0.39, 0.29) is 12.5 Å². The van der Waals surface area contributed by atoms with Gasteiger partial charge in [0.1, 0.15) is 5.75 Å². The molecule has 7 heteroatoms. The van der Waals surface area contributed by atoms with Crippen molar-refractivity contribution in [1.29, 1.82) is 0 Å². The van der Waals surface area contributed by atoms with Crippen molar-refractivity contribution < 1.29 is 19.1 Å². The number of likely N-dealkylation sites (N-methyl/N-ethyl adjacent to an activating group) is 1. The number of benzene rings is 1. The first-order valence-corrected chi connectivity index (χ1v) is 6.55. The molecule has 0 aromatic heterocycles. The van der Waals surface area contributed by atoms with E-state index in [1.807, 2.05) is 0 Å². The number of carbonyl (C=O) groups is 2. The normalized spacial score (nSPS) is 11.7. The predicted octanol–water partition coefficient (Wildman–Crippen LogP) is 2.39. The molecule has 0 heterocycles. The van der Waals surface area contributed by atoms with Crippen molar-refractivity contribution in [2.24, 2.45) is 0 Å². The average Bonchev–Trinajstić information content (AvgIpc) is 2.36. The van der Waals surface area contributed by atoms with Gasteiger partial charge in [-0.05, 0) is 25.1 Å². The summed E-state index contributed by atoms with van der Waals surface area (Å²) in [7, 11) is 3.16. The Morgan fingerprint density at radius 3 is 2.50 bits per heavy atom. The Morgan fingerprint density at radius 1 is 1.30 bits per heavy atom. The molecule has 0 unspecified atom stereocenters. The van der Waals surface area contributed by atoms with Gasteiger partial charge in [0.05, 0.1) is 5.02 Å². The molecule has 0 saturated heterocycles. The molecule has 1 atom stereocenters. The highest BCUT2D eigenvalue weighted by Crippen LogP contribution is 2.27. The van der Waals surface area contributed by atoms with Crippen molar-refractivity contribution in [3.63, 3.8) is 0 Å². The van der Waals surface area contributed by atoms with Gasteiger partial charge in [-0.25, -0.2) is 4.79 Å². The van der Waals surface area contributed by atoms with Crippen molar-refractivity contribution in [2.45, 2.75) is 13.0 Å². The van der Waals surface area contributed by atoms with E-state index in [2.05, 4.69) is 0 Å². The number of esters is 1. The van der Waals surface area contributed by atoms with E-state index in [1.165, 1.54) is 17.9 Å². The Kier molecular flexibility index (Phi) is 6.10. The van der Waals surface area contributed by atoms with Gasteiger partial charge in [0.25, 0.3) is 5.91 Å². The van der Waals surface area contributed by atoms with Crippen LogP contribution in [0.3, 0.4) is 0 Å². The minimum atomic E-state index is -0.859. The first-order chi connectivity index (χ1) is 9.31. The maximum absolute atomic E-state index is 11.5. The second-order valence-corrected chi connectivity index (χ2v) is 5.07. The molecule has 20 heavy (non-hydrogen) atoms. The van der Waals surface area contributed by atoms with Gasteiger partial charge in [-0.1, -0.05) is 23.2 Å². The van der Waals surface area contributed by atoms with Crippen molar-refractivity contribution >= 4 is 35.1 Å². The maximum atomic E-state index is 11.5. The summed E-state index contributed by atoms with van der Waals surface area (Å²) in [4.78, 5) is 24.4. The molecule has 1 aromatic carbocycles. The van der Waals surface area contributed by atoms with Crippen molar-refractivity contribution in [3.05, 3.63) is 28.2 Å². The third-order valence-electron chi connectivity index (χ3n) is 2.34. The Balaban J connectivity index is 2.49. The molecule has 0 aliphatic heterocycles. The molecule has 1 aromatic rings. The van der Waals surface area contributed by atoms with Crippen molar-refractivity contribution in [3.8, 4) is 5.75 Å². The van der Waals surface area contributed by atoms with Crippen LogP contribution in [-0.4, -0.2) is 43.6 Å². The SMILES string of the molecule is C[C@@H](OC(=O)COc1ccc(Cl)cc1Cl)C(=O)N(C)C. The summed E-state index contributed by atoms with van der Waals surface area (Å²) < 4.78 is 10.1. The number of ether oxygens (including phenoxy) is 2. The van der Waals surface area contributed by atoms with E-state index in [4.69, 9.17) is 32.7 Å². The fourth-order valence-electron chi connectivity index (χ4n) is 1.37. The van der Waals surface area contributed by atoms with E-state index in [9.17, 15) is 9.59 Å². The summed E-state index contributed by atoms with van der Waals surface area (Å²) >= 11 is 11.6. The number of nitrogens with zero attached hydrogens (tertiary/aromatic N) is 1. The second-order valence-electron chi connectivity index (χ2n) is 4.23. The first-order valence-electron chi connectivity index (χ1n) is 5.79. The van der Waals surface area contributed by atoms with Crippen molar-refractivity contribution in [2.75, 3.05) is 20.7 Å². The lowest BCUT2D eigenvalue weighted by atomic mass is 10.3. The van der Waals surface area contributed by atoms with Crippen LogP contribution >= 0.6 is 23.2 Å². The zero-order chi connectivity index (χ0) is 15.3. The van der Waals surface area contributed by atoms with Gasteiger partial charge in [0.2, 0.25) is 0 Å². The van der Waals surface area contributed by atoms with Crippen LogP contribution in [0.5, 0.6) is 5.75 Å². The molecular formula is C13H15Cl2NO4. The van der Waals surface area contributed by atoms with Crippen LogP contribution in [0.25, 0.3) is 0 Å². The molecule has 0 bridgehead atoms. The van der Waals surface area contributed by atoms with Gasteiger partial charge >= 0.3 is 5.97 Å². The van der Waals surface area contributed by atoms with Gasteiger partial charge in [-0.3, -0.25) is 4.79 Å². The van der Waals surface area contributed by atoms with Gasteiger partial charge in [0, 0.05) is 19.1 Å². The van der Waals surface area contributed by atoms with E-state index >= 15 is 0 Å². The Labute approximate surface area is 127 Å². The smallest absolute Gasteiger partial charge is 0.344 e. The van der Waals surface area contributed by atoms with Crippen LogP contribution in [0.2, 0.25) is 10.0 Å². The molecule has 0 aliphatic carbocycles. The lowest BCUT2D eigenvalue weighted by molar-refractivity contribution is -0.159. The van der Waals surface area contributed by atoms with Crippen LogP contribution in [-0.2, 0) is 14.3 Å². The number of carbonyl (C=O) groups excluding carboxylic acids is 2. The maximum Gasteiger partial charge on any atom is 0.344 e. The summed E-state index contributed by atoms with van der Waals surface area (Å²) in [5.41, 5.74) is 0. The molecule has 0 spiro atoms. The van der Waals surface area contributed by atoms with Gasteiger partial charge < -0.3 is 14.4 Å². The highest BCUT2D eigenvalue weighted by atomic mass is 35.5. The zero-order valence-electron chi connectivity index (χ0n) is 11.4. The Hall–Kier alpha value is -1.46. The standard InChI is InChI=1S/C13H15Cl2NO4/c1-8(13(18)16(2)3)20-12(17)7-19-11-5-4-9(14)6-10(11)15/h4-6,8H,7H2,1-3H3/t8-/m1/s1. The zero-order valence-corrected chi connectivity index (χ0v) is 12.9. The lowest BCUT2D eigenvalue weighted by Gasteiger charge is -2.17. The van der Waals surface area contributed by atoms with Gasteiger partial charge in [0.15, 0.2) is 12.7 Å². The highest BCUT2D eigenvalue weighted by molar-refractivity contribution is 6.35. The summed E-state index contributed by atoms with van der Waals surface area (Å²) in [6.45, 7) is 1.15. The minimum Gasteiger partial charge on any atom is -0.480 e. The number of rotatable bonds is 5. The predicted molar refractivity (Wildman–Crippen MR) is 76.2 cm³/mol.